The van der Waals surface area contributed by atoms with Gasteiger partial charge in [0.05, 0.1) is 18.8 Å². The van der Waals surface area contributed by atoms with E-state index in [0.717, 1.165) is 19.3 Å². The molecule has 0 amide bonds. The summed E-state index contributed by atoms with van der Waals surface area (Å²) in [7, 11) is 0. The minimum atomic E-state index is -0.478. The summed E-state index contributed by atoms with van der Waals surface area (Å²) in [4.78, 5) is 24.9. The number of benzene rings is 2. The van der Waals surface area contributed by atoms with E-state index in [9.17, 15) is 14.7 Å². The first kappa shape index (κ1) is 22.0. The summed E-state index contributed by atoms with van der Waals surface area (Å²) in [5, 5.41) is 18.9. The summed E-state index contributed by atoms with van der Waals surface area (Å²) >= 11 is 0. The number of aromatic hydroxyl groups is 1. The molecule has 162 valence electrons. The Kier molecular flexibility index (Phi) is 7.37. The molecule has 31 heavy (non-hydrogen) atoms. The van der Waals surface area contributed by atoms with Crippen LogP contribution in [0.5, 0.6) is 5.75 Å². The molecule has 1 heterocycles. The fraction of sp³-hybridized carbons (Fsp3) is 0.304. The molecule has 8 nitrogen and oxygen atoms in total. The predicted octanol–water partition coefficient (Wildman–Crippen LogP) is 3.96. The third-order valence-corrected chi connectivity index (χ3v) is 4.57. The molecule has 1 aromatic heterocycles. The quantitative estimate of drug-likeness (QED) is 0.299. The second kappa shape index (κ2) is 10.4. The van der Waals surface area contributed by atoms with Gasteiger partial charge in [-0.1, -0.05) is 18.7 Å². The topological polar surface area (TPSA) is 104 Å². The van der Waals surface area contributed by atoms with Crippen LogP contribution < -0.4 is 0 Å². The Morgan fingerprint density at radius 2 is 1.58 bits per heavy atom. The molecule has 0 aliphatic rings. The number of carbonyl (C=O) groups is 2. The van der Waals surface area contributed by atoms with Gasteiger partial charge in [0.2, 0.25) is 0 Å². The van der Waals surface area contributed by atoms with E-state index in [1.54, 1.807) is 6.92 Å². The molecule has 0 fully saturated rings. The smallest absolute Gasteiger partial charge is 0.338 e. The van der Waals surface area contributed by atoms with Crippen molar-refractivity contribution < 1.29 is 24.2 Å². The van der Waals surface area contributed by atoms with Crippen molar-refractivity contribution in [3.8, 4) is 11.4 Å². The summed E-state index contributed by atoms with van der Waals surface area (Å²) in [6, 6.07) is 11.8. The lowest BCUT2D eigenvalue weighted by Gasteiger charge is -2.08. The summed E-state index contributed by atoms with van der Waals surface area (Å²) in [6.07, 6.45) is 3.17. The summed E-state index contributed by atoms with van der Waals surface area (Å²) < 4.78 is 10.4. The number of fused-ring (bicyclic) bond motifs is 1. The Bertz CT molecular complexity index is 1060. The number of nitrogens with zero attached hydrogens (tertiary/aromatic N) is 3. The fourth-order valence-corrected chi connectivity index (χ4v) is 2.87. The van der Waals surface area contributed by atoms with Gasteiger partial charge in [-0.15, -0.1) is 15.0 Å². The number of unbranched alkanes of at least 4 members (excludes halogenated alkanes) is 3. The van der Waals surface area contributed by atoms with Gasteiger partial charge in [-0.05, 0) is 62.9 Å². The van der Waals surface area contributed by atoms with Gasteiger partial charge < -0.3 is 14.6 Å². The van der Waals surface area contributed by atoms with Crippen LogP contribution >= 0.6 is 0 Å². The van der Waals surface area contributed by atoms with Crippen LogP contribution in [0.25, 0.3) is 16.7 Å². The molecule has 0 saturated carbocycles. The van der Waals surface area contributed by atoms with E-state index in [1.807, 2.05) is 24.3 Å². The van der Waals surface area contributed by atoms with Gasteiger partial charge in [0.15, 0.2) is 0 Å². The molecular weight excluding hydrogens is 398 g/mol. The average molecular weight is 423 g/mol. The van der Waals surface area contributed by atoms with Crippen molar-refractivity contribution in [2.45, 2.75) is 32.6 Å². The van der Waals surface area contributed by atoms with E-state index in [1.165, 1.54) is 23.0 Å². The predicted molar refractivity (Wildman–Crippen MR) is 115 cm³/mol. The second-order valence-corrected chi connectivity index (χ2v) is 7.15. The lowest BCUT2D eigenvalue weighted by molar-refractivity contribution is -0.139. The summed E-state index contributed by atoms with van der Waals surface area (Å²) in [5.41, 5.74) is 2.37. The Morgan fingerprint density at radius 3 is 2.19 bits per heavy atom. The van der Waals surface area contributed by atoms with Gasteiger partial charge in [0.1, 0.15) is 22.5 Å². The van der Waals surface area contributed by atoms with Crippen LogP contribution in [-0.2, 0) is 14.3 Å². The van der Waals surface area contributed by atoms with E-state index in [4.69, 9.17) is 9.47 Å². The maximum absolute atomic E-state index is 12.4. The zero-order valence-corrected chi connectivity index (χ0v) is 17.4. The van der Waals surface area contributed by atoms with Gasteiger partial charge in [0, 0.05) is 5.57 Å². The van der Waals surface area contributed by atoms with Crippen molar-refractivity contribution in [1.82, 2.24) is 15.0 Å². The van der Waals surface area contributed by atoms with E-state index < -0.39 is 5.97 Å². The van der Waals surface area contributed by atoms with Crippen LogP contribution in [0.2, 0.25) is 0 Å². The van der Waals surface area contributed by atoms with E-state index in [-0.39, 0.29) is 18.3 Å². The average Bonchev–Trinajstić information content (AvgIpc) is 3.19. The molecule has 2 aromatic carbocycles. The number of hydrogen-bond acceptors (Lipinski definition) is 7. The van der Waals surface area contributed by atoms with Gasteiger partial charge in [-0.25, -0.2) is 9.59 Å². The molecule has 8 heteroatoms. The Labute approximate surface area is 180 Å². The molecule has 0 saturated heterocycles. The number of phenolic OH excluding ortho intramolecular Hbond substituents is 1. The number of esters is 2. The summed E-state index contributed by atoms with van der Waals surface area (Å²) in [6.45, 7) is 5.78. The summed E-state index contributed by atoms with van der Waals surface area (Å²) in [5.74, 6) is -0.891. The standard InChI is InChI=1S/C23H25N3O5/c1-16(2)22(28)30-13-7-3-4-8-14-31-23(29)17-11-12-21(27)20(15-17)26-24-18-9-5-6-10-19(18)25-26/h5-6,9-12,15,27H,1,3-4,7-8,13-14H2,2H3. The van der Waals surface area contributed by atoms with E-state index in [0.29, 0.717) is 40.9 Å². The molecule has 0 aliphatic carbocycles. The zero-order valence-electron chi connectivity index (χ0n) is 17.4. The number of carbonyl (C=O) groups excluding carboxylic acids is 2. The van der Waals surface area contributed by atoms with Crippen molar-refractivity contribution >= 4 is 23.0 Å². The molecule has 3 rings (SSSR count). The van der Waals surface area contributed by atoms with Crippen LogP contribution in [0, 0.1) is 0 Å². The molecule has 0 unspecified atom stereocenters. The van der Waals surface area contributed by atoms with Gasteiger partial charge in [-0.3, -0.25) is 0 Å². The highest BCUT2D eigenvalue weighted by Crippen LogP contribution is 2.23. The number of aromatic nitrogens is 3. The molecule has 0 radical (unpaired) electrons. The number of ether oxygens (including phenoxy) is 2. The van der Waals surface area contributed by atoms with Crippen molar-refractivity contribution in [3.05, 3.63) is 60.2 Å². The molecule has 0 bridgehead atoms. The lowest BCUT2D eigenvalue weighted by Crippen LogP contribution is -2.08. The maximum Gasteiger partial charge on any atom is 0.338 e. The SMILES string of the molecule is C=C(C)C(=O)OCCCCCCOC(=O)c1ccc(O)c(-n2nc3ccccc3n2)c1. The highest BCUT2D eigenvalue weighted by molar-refractivity contribution is 5.90. The Morgan fingerprint density at radius 1 is 0.968 bits per heavy atom. The number of rotatable bonds is 10. The second-order valence-electron chi connectivity index (χ2n) is 7.15. The fourth-order valence-electron chi connectivity index (χ4n) is 2.87. The van der Waals surface area contributed by atoms with Crippen LogP contribution in [0.4, 0.5) is 0 Å². The third kappa shape index (κ3) is 5.91. The number of hydrogen-bond donors (Lipinski definition) is 1. The monoisotopic (exact) mass is 423 g/mol. The highest BCUT2D eigenvalue weighted by atomic mass is 16.5. The van der Waals surface area contributed by atoms with Gasteiger partial charge >= 0.3 is 11.9 Å². The molecule has 0 spiro atoms. The zero-order chi connectivity index (χ0) is 22.2. The molecule has 1 N–H and O–H groups in total. The van der Waals surface area contributed by atoms with Crippen LogP contribution in [0.15, 0.2) is 54.6 Å². The van der Waals surface area contributed by atoms with Crippen LogP contribution in [-0.4, -0.2) is 45.3 Å². The van der Waals surface area contributed by atoms with Crippen LogP contribution in [0.1, 0.15) is 43.0 Å². The van der Waals surface area contributed by atoms with Gasteiger partial charge in [0.25, 0.3) is 0 Å². The minimum absolute atomic E-state index is 0.0378. The lowest BCUT2D eigenvalue weighted by atomic mass is 10.2. The minimum Gasteiger partial charge on any atom is -0.506 e. The highest BCUT2D eigenvalue weighted by Gasteiger charge is 2.14. The Balaban J connectivity index is 1.47. The first-order valence-corrected chi connectivity index (χ1v) is 10.1. The van der Waals surface area contributed by atoms with Crippen molar-refractivity contribution in [3.63, 3.8) is 0 Å². The van der Waals surface area contributed by atoms with Crippen LogP contribution in [0.3, 0.4) is 0 Å². The first-order valence-electron chi connectivity index (χ1n) is 10.1. The normalized spacial score (nSPS) is 10.7. The Hall–Kier alpha value is -3.68. The van der Waals surface area contributed by atoms with E-state index in [2.05, 4.69) is 16.8 Å². The largest absolute Gasteiger partial charge is 0.506 e. The van der Waals surface area contributed by atoms with Crippen molar-refractivity contribution in [2.24, 2.45) is 0 Å². The van der Waals surface area contributed by atoms with Gasteiger partial charge in [-0.2, -0.15) is 0 Å². The molecule has 0 aliphatic heterocycles. The third-order valence-electron chi connectivity index (χ3n) is 4.57. The van der Waals surface area contributed by atoms with E-state index >= 15 is 0 Å². The van der Waals surface area contributed by atoms with Crippen molar-refractivity contribution in [1.29, 1.82) is 0 Å². The number of phenols is 1. The first-order chi connectivity index (χ1) is 15.0. The molecule has 0 atom stereocenters. The maximum atomic E-state index is 12.4. The van der Waals surface area contributed by atoms with Crippen molar-refractivity contribution in [2.75, 3.05) is 13.2 Å². The molecular formula is C23H25N3O5. The molecule has 3 aromatic rings.